The molecule has 0 bridgehead atoms. The number of anilines is 1. The number of carbonyl (C=O) groups is 1. The second kappa shape index (κ2) is 11.9. The van der Waals surface area contributed by atoms with Gasteiger partial charge in [0, 0.05) is 37.0 Å². The van der Waals surface area contributed by atoms with Gasteiger partial charge in [-0.1, -0.05) is 24.3 Å². The molecule has 2 aliphatic rings. The van der Waals surface area contributed by atoms with Crippen molar-refractivity contribution in [2.75, 3.05) is 18.5 Å². The van der Waals surface area contributed by atoms with Crippen LogP contribution in [0.1, 0.15) is 43.9 Å². The molecule has 36 heavy (non-hydrogen) atoms. The third kappa shape index (κ3) is 6.79. The van der Waals surface area contributed by atoms with Crippen LogP contribution in [0.15, 0.2) is 30.5 Å². The van der Waals surface area contributed by atoms with Crippen LogP contribution in [0, 0.1) is 5.92 Å². The number of ether oxygens (including phenoxy) is 1. The first-order valence-corrected chi connectivity index (χ1v) is 16.2. The summed E-state index contributed by atoms with van der Waals surface area (Å²) < 4.78 is 23.6. The minimum absolute atomic E-state index is 0.0102. The van der Waals surface area contributed by atoms with Gasteiger partial charge >= 0.3 is 0 Å². The van der Waals surface area contributed by atoms with Gasteiger partial charge in [-0.25, -0.2) is 0 Å². The topological polar surface area (TPSA) is 101 Å². The first kappa shape index (κ1) is 26.9. The molecule has 0 radical (unpaired) electrons. The van der Waals surface area contributed by atoms with Crippen molar-refractivity contribution in [1.82, 2.24) is 20.3 Å². The fourth-order valence-corrected chi connectivity index (χ4v) is 8.38. The molecule has 0 unspecified atom stereocenters. The zero-order valence-corrected chi connectivity index (χ0v) is 22.6. The van der Waals surface area contributed by atoms with Crippen molar-refractivity contribution in [3.05, 3.63) is 41.7 Å². The lowest BCUT2D eigenvalue weighted by molar-refractivity contribution is -0.117. The van der Waals surface area contributed by atoms with Gasteiger partial charge in [0.25, 0.3) is 0 Å². The van der Waals surface area contributed by atoms with Crippen molar-refractivity contribution in [2.45, 2.75) is 88.9 Å². The quantitative estimate of drug-likeness (QED) is 0.312. The van der Waals surface area contributed by atoms with Gasteiger partial charge in [-0.05, 0) is 75.4 Å². The highest BCUT2D eigenvalue weighted by Crippen LogP contribution is 2.47. The number of hydrogen-bond acceptors (Lipinski definition) is 6. The summed E-state index contributed by atoms with van der Waals surface area (Å²) in [5, 5.41) is 23.5. The summed E-state index contributed by atoms with van der Waals surface area (Å²) in [4.78, 5) is 12.3. The lowest BCUT2D eigenvalue weighted by Gasteiger charge is -2.28. The van der Waals surface area contributed by atoms with Crippen LogP contribution in [0.2, 0.25) is 18.6 Å². The molecular weight excluding hydrogens is 477 g/mol. The van der Waals surface area contributed by atoms with E-state index >= 15 is 4.11 Å². The number of nitrogens with one attached hydrogen (secondary N) is 2. The molecule has 1 aromatic heterocycles. The van der Waals surface area contributed by atoms with E-state index < -0.39 is 8.41 Å². The minimum Gasteiger partial charge on any atom is -0.396 e. The molecule has 0 saturated carbocycles. The van der Waals surface area contributed by atoms with Crippen molar-refractivity contribution in [2.24, 2.45) is 5.92 Å². The average molecular weight is 518 g/mol. The number of benzene rings is 1. The molecule has 2 saturated heterocycles. The molecule has 3 heterocycles. The first-order valence-electron chi connectivity index (χ1n) is 13.2. The van der Waals surface area contributed by atoms with Crippen molar-refractivity contribution < 1.29 is 18.7 Å². The van der Waals surface area contributed by atoms with E-state index in [-0.39, 0.29) is 42.2 Å². The molecule has 5 atom stereocenters. The predicted octanol–water partition coefficient (Wildman–Crippen LogP) is 3.47. The number of hydrogen-bond donors (Lipinski definition) is 3. The van der Waals surface area contributed by atoms with Crippen LogP contribution >= 0.6 is 0 Å². The van der Waals surface area contributed by atoms with Crippen LogP contribution in [0.25, 0.3) is 0 Å². The highest BCUT2D eigenvalue weighted by atomic mass is 28.4. The molecule has 8 nitrogen and oxygen atoms in total. The van der Waals surface area contributed by atoms with Gasteiger partial charge in [0.05, 0.1) is 23.9 Å². The van der Waals surface area contributed by atoms with Crippen LogP contribution in [-0.2, 0) is 28.9 Å². The normalized spacial score (nSPS) is 26.4. The zero-order valence-electron chi connectivity index (χ0n) is 21.6. The van der Waals surface area contributed by atoms with Gasteiger partial charge in [0.1, 0.15) is 0 Å². The molecule has 1 aromatic carbocycles. The number of carbonyl (C=O) groups excluding carboxylic acids is 1. The van der Waals surface area contributed by atoms with Gasteiger partial charge in [-0.2, -0.15) is 0 Å². The monoisotopic (exact) mass is 517 g/mol. The SMILES string of the molecule is C[C@H]1[C@H]([Si](C)(C)F)[C@@H](CCn2cc(CCO)nn2)O[C@H]1CCc1ccc(NC(=O)[C@H]2CCCN2)cc1. The molecule has 2 fully saturated rings. The third-order valence-corrected chi connectivity index (χ3v) is 10.1. The van der Waals surface area contributed by atoms with E-state index in [1.807, 2.05) is 18.3 Å². The maximum absolute atomic E-state index is 15.4. The number of aliphatic hydroxyl groups excluding tert-OH is 1. The molecule has 0 spiro atoms. The number of rotatable bonds is 11. The molecular formula is C26H40FN5O3Si. The summed E-state index contributed by atoms with van der Waals surface area (Å²) >= 11 is 0. The Hall–Kier alpha value is -2.14. The Morgan fingerprint density at radius 3 is 2.69 bits per heavy atom. The Morgan fingerprint density at radius 1 is 1.25 bits per heavy atom. The van der Waals surface area contributed by atoms with Gasteiger partial charge in [-0.3, -0.25) is 9.48 Å². The van der Waals surface area contributed by atoms with Gasteiger partial charge in [0.2, 0.25) is 14.3 Å². The van der Waals surface area contributed by atoms with Crippen molar-refractivity contribution in [3.63, 3.8) is 0 Å². The number of nitrogens with zero attached hydrogens (tertiary/aromatic N) is 3. The largest absolute Gasteiger partial charge is 0.396 e. The highest BCUT2D eigenvalue weighted by Gasteiger charge is 2.50. The van der Waals surface area contributed by atoms with Gasteiger partial charge in [0.15, 0.2) is 0 Å². The van der Waals surface area contributed by atoms with Crippen LogP contribution in [0.3, 0.4) is 0 Å². The van der Waals surface area contributed by atoms with E-state index in [9.17, 15) is 4.79 Å². The van der Waals surface area contributed by atoms with Crippen molar-refractivity contribution in [3.8, 4) is 0 Å². The Bertz CT molecular complexity index is 990. The molecule has 4 rings (SSSR count). The maximum atomic E-state index is 15.4. The Labute approximate surface area is 214 Å². The van der Waals surface area contributed by atoms with Crippen LogP contribution in [-0.4, -0.2) is 65.8 Å². The van der Waals surface area contributed by atoms with E-state index in [0.29, 0.717) is 19.4 Å². The van der Waals surface area contributed by atoms with Gasteiger partial charge in [-0.15, -0.1) is 5.10 Å². The Balaban J connectivity index is 1.31. The number of aryl methyl sites for hydroxylation is 2. The molecule has 1 amide bonds. The van der Waals surface area contributed by atoms with Crippen molar-refractivity contribution >= 4 is 20.0 Å². The Morgan fingerprint density at radius 2 is 2.03 bits per heavy atom. The summed E-state index contributed by atoms with van der Waals surface area (Å²) in [5.41, 5.74) is 2.68. The van der Waals surface area contributed by atoms with E-state index in [0.717, 1.165) is 43.6 Å². The fraction of sp³-hybridized carbons (Fsp3) is 0.654. The molecule has 3 N–H and O–H groups in total. The van der Waals surface area contributed by atoms with E-state index in [1.54, 1.807) is 17.8 Å². The lowest BCUT2D eigenvalue weighted by Crippen LogP contribution is -2.36. The molecule has 10 heteroatoms. The third-order valence-electron chi connectivity index (χ3n) is 7.61. The highest BCUT2D eigenvalue weighted by molar-refractivity contribution is 6.72. The summed E-state index contributed by atoms with van der Waals surface area (Å²) in [6.45, 7) is 7.27. The number of aromatic nitrogens is 3. The van der Waals surface area contributed by atoms with E-state index in [1.165, 1.54) is 5.56 Å². The number of halogens is 1. The second-order valence-corrected chi connectivity index (χ2v) is 14.6. The summed E-state index contributed by atoms with van der Waals surface area (Å²) in [5.74, 6) is 0.180. The molecule has 0 aliphatic carbocycles. The summed E-state index contributed by atoms with van der Waals surface area (Å²) in [6, 6.07) is 7.91. The minimum atomic E-state index is -2.93. The lowest BCUT2D eigenvalue weighted by atomic mass is 9.95. The summed E-state index contributed by atoms with van der Waals surface area (Å²) in [6.07, 6.45) is 6.49. The molecule has 2 aliphatic heterocycles. The second-order valence-electron chi connectivity index (χ2n) is 10.8. The van der Waals surface area contributed by atoms with Crippen LogP contribution in [0.4, 0.5) is 9.80 Å². The first-order chi connectivity index (χ1) is 17.2. The van der Waals surface area contributed by atoms with Crippen molar-refractivity contribution in [1.29, 1.82) is 0 Å². The van der Waals surface area contributed by atoms with E-state index in [4.69, 9.17) is 9.84 Å². The zero-order chi connectivity index (χ0) is 25.7. The number of amides is 1. The molecule has 198 valence electrons. The molecule has 2 aromatic rings. The fourth-order valence-electron chi connectivity index (χ4n) is 5.79. The van der Waals surface area contributed by atoms with Crippen LogP contribution < -0.4 is 10.6 Å². The van der Waals surface area contributed by atoms with E-state index in [2.05, 4.69) is 40.0 Å². The Kier molecular flexibility index (Phi) is 8.92. The standard InChI is InChI=1S/C26H40FN5O3Si/c1-18-23(11-8-19-6-9-20(10-7-19)29-26(34)22-5-4-14-28-22)35-24(25(18)36(2,3)27)12-15-32-17-21(13-16-33)30-31-32/h6-7,9-10,17-18,22-25,28,33H,4-5,8,11-16H2,1-3H3,(H,29,34)/t18-,22-,23+,24-,25+/m1/s1. The maximum Gasteiger partial charge on any atom is 0.246 e. The average Bonchev–Trinajstić information content (AvgIpc) is 3.58. The van der Waals surface area contributed by atoms with Gasteiger partial charge < -0.3 is 24.6 Å². The predicted molar refractivity (Wildman–Crippen MR) is 140 cm³/mol. The number of aliphatic hydroxyl groups is 1. The summed E-state index contributed by atoms with van der Waals surface area (Å²) in [7, 11) is -2.93. The smallest absolute Gasteiger partial charge is 0.246 e. The van der Waals surface area contributed by atoms with Crippen LogP contribution in [0.5, 0.6) is 0 Å².